The first-order valence-corrected chi connectivity index (χ1v) is 4.89. The first kappa shape index (κ1) is 12.6. The largest absolute Gasteiger partial charge is 0.480 e. The zero-order chi connectivity index (χ0) is 12.1. The molecule has 0 heterocycles. The van der Waals surface area contributed by atoms with Gasteiger partial charge in [0.25, 0.3) is 0 Å². The SMILES string of the molecule is NC(Cc1ccc(CO)c(CO)c1)C(=O)O. The minimum Gasteiger partial charge on any atom is -0.480 e. The maximum absolute atomic E-state index is 10.6. The van der Waals surface area contributed by atoms with E-state index in [0.717, 1.165) is 5.56 Å². The van der Waals surface area contributed by atoms with Crippen LogP contribution < -0.4 is 5.73 Å². The van der Waals surface area contributed by atoms with E-state index < -0.39 is 12.0 Å². The molecule has 5 N–H and O–H groups in total. The number of benzene rings is 1. The number of carbonyl (C=O) groups is 1. The van der Waals surface area contributed by atoms with E-state index in [1.165, 1.54) is 0 Å². The molecule has 0 bridgehead atoms. The highest BCUT2D eigenvalue weighted by atomic mass is 16.4. The molecule has 0 saturated heterocycles. The van der Waals surface area contributed by atoms with Gasteiger partial charge in [0.15, 0.2) is 0 Å². The number of aliphatic hydroxyl groups is 2. The maximum Gasteiger partial charge on any atom is 0.320 e. The fourth-order valence-corrected chi connectivity index (χ4v) is 1.45. The lowest BCUT2D eigenvalue weighted by Crippen LogP contribution is -2.32. The van der Waals surface area contributed by atoms with Crippen molar-refractivity contribution < 1.29 is 20.1 Å². The van der Waals surface area contributed by atoms with Crippen LogP contribution in [0.1, 0.15) is 16.7 Å². The van der Waals surface area contributed by atoms with Crippen molar-refractivity contribution in [2.45, 2.75) is 25.7 Å². The molecule has 1 unspecified atom stereocenters. The molecule has 1 rings (SSSR count). The molecule has 0 aromatic heterocycles. The van der Waals surface area contributed by atoms with Gasteiger partial charge in [-0.3, -0.25) is 4.79 Å². The number of nitrogens with two attached hydrogens (primary N) is 1. The third-order valence-electron chi connectivity index (χ3n) is 2.38. The number of aliphatic hydroxyl groups excluding tert-OH is 2. The summed E-state index contributed by atoms with van der Waals surface area (Å²) < 4.78 is 0. The molecule has 0 amide bonds. The minimum atomic E-state index is -1.06. The summed E-state index contributed by atoms with van der Waals surface area (Å²) in [6.07, 6.45) is 0.202. The van der Waals surface area contributed by atoms with Gasteiger partial charge in [0.1, 0.15) is 6.04 Å². The normalized spacial score (nSPS) is 12.4. The van der Waals surface area contributed by atoms with Gasteiger partial charge in [-0.05, 0) is 23.1 Å². The van der Waals surface area contributed by atoms with Crippen LogP contribution in [-0.4, -0.2) is 27.3 Å². The van der Waals surface area contributed by atoms with Crippen LogP contribution in [0.3, 0.4) is 0 Å². The Hall–Kier alpha value is -1.43. The molecule has 1 atom stereocenters. The second-order valence-corrected chi connectivity index (χ2v) is 3.57. The lowest BCUT2D eigenvalue weighted by atomic mass is 10.0. The standard InChI is InChI=1S/C11H15NO4/c12-10(11(15)16)4-7-1-2-8(5-13)9(3-7)6-14/h1-3,10,13-14H,4-6,12H2,(H,15,16). The summed E-state index contributed by atoms with van der Waals surface area (Å²) in [5.74, 6) is -1.06. The van der Waals surface area contributed by atoms with Crippen molar-refractivity contribution in [1.29, 1.82) is 0 Å². The molecular weight excluding hydrogens is 210 g/mol. The Morgan fingerprint density at radius 2 is 1.88 bits per heavy atom. The van der Waals surface area contributed by atoms with E-state index in [0.29, 0.717) is 11.1 Å². The zero-order valence-corrected chi connectivity index (χ0v) is 8.76. The molecule has 0 spiro atoms. The fourth-order valence-electron chi connectivity index (χ4n) is 1.45. The molecule has 1 aromatic carbocycles. The third kappa shape index (κ3) is 3.03. The Bertz CT molecular complexity index is 378. The molecule has 88 valence electrons. The minimum absolute atomic E-state index is 0.152. The van der Waals surface area contributed by atoms with Gasteiger partial charge in [-0.1, -0.05) is 18.2 Å². The average Bonchev–Trinajstić information content (AvgIpc) is 2.28. The smallest absolute Gasteiger partial charge is 0.320 e. The summed E-state index contributed by atoms with van der Waals surface area (Å²) >= 11 is 0. The molecular formula is C11H15NO4. The molecule has 0 aliphatic heterocycles. The van der Waals surface area contributed by atoms with Crippen LogP contribution in [0.4, 0.5) is 0 Å². The summed E-state index contributed by atoms with van der Waals surface area (Å²) in [7, 11) is 0. The Labute approximate surface area is 93.1 Å². The predicted octanol–water partition coefficient (Wildman–Crippen LogP) is -0.374. The molecule has 1 aromatic rings. The van der Waals surface area contributed by atoms with Crippen molar-refractivity contribution in [3.63, 3.8) is 0 Å². The van der Waals surface area contributed by atoms with Crippen LogP contribution in [0.15, 0.2) is 18.2 Å². The zero-order valence-electron chi connectivity index (χ0n) is 8.76. The van der Waals surface area contributed by atoms with Gasteiger partial charge in [0.05, 0.1) is 13.2 Å². The first-order chi connectivity index (χ1) is 7.58. The molecule has 0 aliphatic rings. The molecule has 0 saturated carbocycles. The number of carboxylic acids is 1. The monoisotopic (exact) mass is 225 g/mol. The van der Waals surface area contributed by atoms with Gasteiger partial charge < -0.3 is 21.1 Å². The molecule has 5 nitrogen and oxygen atoms in total. The molecule has 16 heavy (non-hydrogen) atoms. The van der Waals surface area contributed by atoms with Crippen LogP contribution in [0.5, 0.6) is 0 Å². The Morgan fingerprint density at radius 1 is 1.25 bits per heavy atom. The van der Waals surface area contributed by atoms with Gasteiger partial charge in [-0.2, -0.15) is 0 Å². The number of carboxylic acid groups (broad SMARTS) is 1. The highest BCUT2D eigenvalue weighted by Gasteiger charge is 2.12. The molecule has 5 heteroatoms. The molecule has 0 fully saturated rings. The Morgan fingerprint density at radius 3 is 2.38 bits per heavy atom. The van der Waals surface area contributed by atoms with Gasteiger partial charge in [-0.15, -0.1) is 0 Å². The van der Waals surface area contributed by atoms with Crippen molar-refractivity contribution in [3.8, 4) is 0 Å². The quantitative estimate of drug-likeness (QED) is 0.547. The summed E-state index contributed by atoms with van der Waals surface area (Å²) in [5, 5.41) is 26.7. The number of aliphatic carboxylic acids is 1. The van der Waals surface area contributed by atoms with Crippen molar-refractivity contribution in [3.05, 3.63) is 34.9 Å². The van der Waals surface area contributed by atoms with Crippen LogP contribution in [0.25, 0.3) is 0 Å². The van der Waals surface area contributed by atoms with E-state index in [-0.39, 0.29) is 19.6 Å². The number of hydrogen-bond acceptors (Lipinski definition) is 4. The van der Waals surface area contributed by atoms with Gasteiger partial charge >= 0.3 is 5.97 Å². The topological polar surface area (TPSA) is 104 Å². The maximum atomic E-state index is 10.6. The summed E-state index contributed by atoms with van der Waals surface area (Å²) in [5.41, 5.74) is 7.36. The number of hydrogen-bond donors (Lipinski definition) is 4. The Kier molecular flexibility index (Phi) is 4.42. The van der Waals surface area contributed by atoms with E-state index in [4.69, 9.17) is 21.1 Å². The fraction of sp³-hybridized carbons (Fsp3) is 0.364. The van der Waals surface area contributed by atoms with Crippen molar-refractivity contribution in [1.82, 2.24) is 0 Å². The van der Waals surface area contributed by atoms with Crippen molar-refractivity contribution in [2.24, 2.45) is 5.73 Å². The van der Waals surface area contributed by atoms with Crippen molar-refractivity contribution in [2.75, 3.05) is 0 Å². The van der Waals surface area contributed by atoms with Crippen LogP contribution in [0.2, 0.25) is 0 Å². The second kappa shape index (κ2) is 5.60. The lowest BCUT2D eigenvalue weighted by molar-refractivity contribution is -0.138. The number of rotatable bonds is 5. The van der Waals surface area contributed by atoms with Gasteiger partial charge in [0.2, 0.25) is 0 Å². The average molecular weight is 225 g/mol. The lowest BCUT2D eigenvalue weighted by Gasteiger charge is -2.10. The third-order valence-corrected chi connectivity index (χ3v) is 2.38. The van der Waals surface area contributed by atoms with Crippen LogP contribution in [-0.2, 0) is 24.4 Å². The first-order valence-electron chi connectivity index (χ1n) is 4.89. The van der Waals surface area contributed by atoms with Crippen LogP contribution in [0, 0.1) is 0 Å². The highest BCUT2D eigenvalue weighted by Crippen LogP contribution is 2.13. The molecule has 0 aliphatic carbocycles. The summed E-state index contributed by atoms with van der Waals surface area (Å²) in [6.45, 7) is -0.340. The van der Waals surface area contributed by atoms with Crippen molar-refractivity contribution >= 4 is 5.97 Å². The van der Waals surface area contributed by atoms with E-state index in [2.05, 4.69) is 0 Å². The highest BCUT2D eigenvalue weighted by molar-refractivity contribution is 5.73. The summed E-state index contributed by atoms with van der Waals surface area (Å²) in [4.78, 5) is 10.6. The van der Waals surface area contributed by atoms with Crippen LogP contribution >= 0.6 is 0 Å². The predicted molar refractivity (Wildman–Crippen MR) is 57.6 cm³/mol. The second-order valence-electron chi connectivity index (χ2n) is 3.57. The van der Waals surface area contributed by atoms with Gasteiger partial charge in [-0.25, -0.2) is 0 Å². The van der Waals surface area contributed by atoms with E-state index >= 15 is 0 Å². The van der Waals surface area contributed by atoms with E-state index in [1.54, 1.807) is 18.2 Å². The Balaban J connectivity index is 2.86. The van der Waals surface area contributed by atoms with E-state index in [9.17, 15) is 4.79 Å². The van der Waals surface area contributed by atoms with Gasteiger partial charge in [0, 0.05) is 0 Å². The molecule has 0 radical (unpaired) electrons. The van der Waals surface area contributed by atoms with E-state index in [1.807, 2.05) is 0 Å². The summed E-state index contributed by atoms with van der Waals surface area (Å²) in [6, 6.07) is 4.07.